The van der Waals surface area contributed by atoms with Gasteiger partial charge in [-0.05, 0) is 45.6 Å². The van der Waals surface area contributed by atoms with E-state index in [2.05, 4.69) is 48.8 Å². The lowest BCUT2D eigenvalue weighted by molar-refractivity contribution is 0.0956. The number of anilines is 3. The molecule has 156 valence electrons. The Hall–Kier alpha value is -3.18. The number of nitrogens with one attached hydrogen (secondary N) is 3. The first-order chi connectivity index (χ1) is 14.6. The molecule has 0 aromatic carbocycles. The molecule has 2 bridgehead atoms. The number of carbonyl (C=O) groups excluding carboxylic acids is 1. The van der Waals surface area contributed by atoms with Crippen molar-refractivity contribution in [3.8, 4) is 12.3 Å². The van der Waals surface area contributed by atoms with Crippen LogP contribution in [-0.2, 0) is 0 Å². The van der Waals surface area contributed by atoms with E-state index in [0.29, 0.717) is 47.6 Å². The third-order valence-electron chi connectivity index (χ3n) is 6.00. The molecule has 4 heterocycles. The second-order valence-corrected chi connectivity index (χ2v) is 7.89. The Labute approximate surface area is 176 Å². The van der Waals surface area contributed by atoms with Crippen LogP contribution >= 0.6 is 0 Å². The number of hydrogen-bond acceptors (Lipinski definition) is 7. The number of amides is 1. The van der Waals surface area contributed by atoms with Gasteiger partial charge in [0.1, 0.15) is 17.3 Å². The minimum Gasteiger partial charge on any atom is -0.381 e. The van der Waals surface area contributed by atoms with Crippen molar-refractivity contribution in [2.75, 3.05) is 24.2 Å². The Morgan fingerprint density at radius 3 is 2.53 bits per heavy atom. The lowest BCUT2D eigenvalue weighted by Gasteiger charge is -2.37. The monoisotopic (exact) mass is 405 g/mol. The van der Waals surface area contributed by atoms with E-state index < -0.39 is 0 Å². The molecule has 2 aliphatic rings. The van der Waals surface area contributed by atoms with Crippen LogP contribution in [0.4, 0.5) is 17.3 Å². The van der Waals surface area contributed by atoms with E-state index in [-0.39, 0.29) is 5.91 Å². The number of fused-ring (bicyclic) bond motifs is 2. The van der Waals surface area contributed by atoms with E-state index >= 15 is 0 Å². The van der Waals surface area contributed by atoms with Gasteiger partial charge in [-0.3, -0.25) is 4.79 Å². The lowest BCUT2D eigenvalue weighted by atomic mass is 9.97. The SMILES string of the molecule is C#Cc1cnc(Nc2cc(NC3CC4CCC(C3)N4C)c(C(=O)NCC)cn2)cn1. The van der Waals surface area contributed by atoms with Gasteiger partial charge in [-0.15, -0.1) is 6.42 Å². The summed E-state index contributed by atoms with van der Waals surface area (Å²) >= 11 is 0. The van der Waals surface area contributed by atoms with Gasteiger partial charge in [-0.25, -0.2) is 15.0 Å². The average Bonchev–Trinajstić information content (AvgIpc) is 2.95. The molecule has 2 unspecified atom stereocenters. The highest BCUT2D eigenvalue weighted by Crippen LogP contribution is 2.36. The molecule has 0 aliphatic carbocycles. The second-order valence-electron chi connectivity index (χ2n) is 7.89. The number of piperidine rings is 1. The molecule has 2 aromatic heterocycles. The molecule has 0 radical (unpaired) electrons. The summed E-state index contributed by atoms with van der Waals surface area (Å²) in [5, 5.41) is 9.63. The van der Waals surface area contributed by atoms with Crippen molar-refractivity contribution in [2.45, 2.75) is 50.7 Å². The maximum absolute atomic E-state index is 12.6. The summed E-state index contributed by atoms with van der Waals surface area (Å²) in [4.78, 5) is 27.9. The van der Waals surface area contributed by atoms with E-state index in [1.54, 1.807) is 12.4 Å². The van der Waals surface area contributed by atoms with Gasteiger partial charge in [0, 0.05) is 36.9 Å². The van der Waals surface area contributed by atoms with Crippen LogP contribution in [0.25, 0.3) is 0 Å². The summed E-state index contributed by atoms with van der Waals surface area (Å²) in [6.45, 7) is 2.47. The van der Waals surface area contributed by atoms with E-state index in [0.717, 1.165) is 18.5 Å². The quantitative estimate of drug-likeness (QED) is 0.635. The summed E-state index contributed by atoms with van der Waals surface area (Å²) in [5.74, 6) is 3.44. The number of terminal acetylenes is 1. The van der Waals surface area contributed by atoms with Crippen molar-refractivity contribution in [3.05, 3.63) is 35.9 Å². The fourth-order valence-electron chi connectivity index (χ4n) is 4.43. The first-order valence-electron chi connectivity index (χ1n) is 10.4. The largest absolute Gasteiger partial charge is 0.381 e. The molecule has 2 aromatic rings. The maximum Gasteiger partial charge on any atom is 0.254 e. The van der Waals surface area contributed by atoms with Gasteiger partial charge in [0.25, 0.3) is 5.91 Å². The van der Waals surface area contributed by atoms with Gasteiger partial charge < -0.3 is 20.9 Å². The summed E-state index contributed by atoms with van der Waals surface area (Å²) in [7, 11) is 2.22. The first kappa shape index (κ1) is 20.1. The van der Waals surface area contributed by atoms with Crippen LogP contribution in [0, 0.1) is 12.3 Å². The zero-order valence-electron chi connectivity index (χ0n) is 17.4. The molecule has 4 rings (SSSR count). The normalized spacial score (nSPS) is 22.9. The summed E-state index contributed by atoms with van der Waals surface area (Å²) in [6, 6.07) is 3.41. The molecular weight excluding hydrogens is 378 g/mol. The Balaban J connectivity index is 1.56. The van der Waals surface area contributed by atoms with Crippen molar-refractivity contribution >= 4 is 23.2 Å². The Morgan fingerprint density at radius 2 is 1.90 bits per heavy atom. The number of pyridine rings is 1. The molecule has 2 fully saturated rings. The molecule has 0 spiro atoms. The predicted octanol–water partition coefficient (Wildman–Crippen LogP) is 2.38. The molecule has 30 heavy (non-hydrogen) atoms. The number of hydrogen-bond donors (Lipinski definition) is 3. The number of nitrogens with zero attached hydrogens (tertiary/aromatic N) is 4. The minimum atomic E-state index is -0.131. The molecule has 2 saturated heterocycles. The van der Waals surface area contributed by atoms with Gasteiger partial charge in [0.05, 0.1) is 23.6 Å². The fraction of sp³-hybridized carbons (Fsp3) is 0.455. The highest BCUT2D eigenvalue weighted by molar-refractivity contribution is 5.99. The van der Waals surface area contributed by atoms with Crippen LogP contribution < -0.4 is 16.0 Å². The van der Waals surface area contributed by atoms with Gasteiger partial charge >= 0.3 is 0 Å². The molecule has 2 aliphatic heterocycles. The number of aromatic nitrogens is 3. The highest BCUT2D eigenvalue weighted by atomic mass is 16.1. The molecular formula is C22H27N7O. The minimum absolute atomic E-state index is 0.131. The van der Waals surface area contributed by atoms with Crippen molar-refractivity contribution < 1.29 is 4.79 Å². The zero-order valence-corrected chi connectivity index (χ0v) is 17.4. The highest BCUT2D eigenvalue weighted by Gasteiger charge is 2.38. The van der Waals surface area contributed by atoms with Crippen molar-refractivity contribution in [3.63, 3.8) is 0 Å². The van der Waals surface area contributed by atoms with Crippen LogP contribution in [0.15, 0.2) is 24.7 Å². The Morgan fingerprint density at radius 1 is 1.17 bits per heavy atom. The standard InChI is InChI=1S/C22H27N7O/c1-4-14-11-25-21(13-24-14)28-20-10-19(18(12-26-20)22(30)23-5-2)27-15-8-16-6-7-17(9-15)29(16)3/h1,10-13,15-17H,5-9H2,2-3H3,(H,23,30)(H2,25,26,27,28). The summed E-state index contributed by atoms with van der Waals surface area (Å²) in [6.07, 6.45) is 14.7. The number of carbonyl (C=O) groups is 1. The van der Waals surface area contributed by atoms with Crippen molar-refractivity contribution in [1.82, 2.24) is 25.2 Å². The second kappa shape index (κ2) is 8.67. The van der Waals surface area contributed by atoms with Crippen LogP contribution in [0.2, 0.25) is 0 Å². The molecule has 8 heteroatoms. The average molecular weight is 406 g/mol. The molecule has 1 amide bonds. The van der Waals surface area contributed by atoms with E-state index in [9.17, 15) is 4.79 Å². The fourth-order valence-corrected chi connectivity index (χ4v) is 4.43. The van der Waals surface area contributed by atoms with Crippen molar-refractivity contribution in [2.24, 2.45) is 0 Å². The molecule has 2 atom stereocenters. The molecule has 0 saturated carbocycles. The van der Waals surface area contributed by atoms with E-state index in [1.165, 1.54) is 19.0 Å². The summed E-state index contributed by atoms with van der Waals surface area (Å²) < 4.78 is 0. The Bertz CT molecular complexity index is 939. The van der Waals surface area contributed by atoms with Crippen LogP contribution in [0.1, 0.15) is 48.7 Å². The maximum atomic E-state index is 12.6. The van der Waals surface area contributed by atoms with Gasteiger partial charge in [-0.2, -0.15) is 0 Å². The van der Waals surface area contributed by atoms with Gasteiger partial charge in [-0.1, -0.05) is 0 Å². The van der Waals surface area contributed by atoms with Gasteiger partial charge in [0.2, 0.25) is 0 Å². The molecule has 8 nitrogen and oxygen atoms in total. The van der Waals surface area contributed by atoms with Gasteiger partial charge in [0.15, 0.2) is 0 Å². The zero-order chi connectivity index (χ0) is 21.1. The number of rotatable bonds is 6. The van der Waals surface area contributed by atoms with E-state index in [1.807, 2.05) is 13.0 Å². The molecule has 3 N–H and O–H groups in total. The van der Waals surface area contributed by atoms with Crippen LogP contribution in [0.3, 0.4) is 0 Å². The topological polar surface area (TPSA) is 95.1 Å². The van der Waals surface area contributed by atoms with Crippen LogP contribution in [0.5, 0.6) is 0 Å². The predicted molar refractivity (Wildman–Crippen MR) is 117 cm³/mol. The summed E-state index contributed by atoms with van der Waals surface area (Å²) in [5.41, 5.74) is 1.79. The van der Waals surface area contributed by atoms with Crippen LogP contribution in [-0.4, -0.2) is 57.5 Å². The van der Waals surface area contributed by atoms with Crippen molar-refractivity contribution in [1.29, 1.82) is 0 Å². The smallest absolute Gasteiger partial charge is 0.254 e. The third-order valence-corrected chi connectivity index (χ3v) is 6.00. The first-order valence-corrected chi connectivity index (χ1v) is 10.4. The van der Waals surface area contributed by atoms with E-state index in [4.69, 9.17) is 6.42 Å². The Kier molecular flexibility index (Phi) is 5.81. The lowest BCUT2D eigenvalue weighted by Crippen LogP contribution is -2.44. The third kappa shape index (κ3) is 4.21.